The number of benzene rings is 3. The largest absolute Gasteiger partial charge is 0.464 e. The Kier molecular flexibility index (Phi) is 8.64. The molecular formula is C28H30FN3O2. The van der Waals surface area contributed by atoms with E-state index in [4.69, 9.17) is 15.7 Å². The third-order valence-corrected chi connectivity index (χ3v) is 5.82. The minimum absolute atomic E-state index is 0.162. The number of halogens is 1. The van der Waals surface area contributed by atoms with Crippen LogP contribution in [0.4, 0.5) is 15.8 Å². The van der Waals surface area contributed by atoms with Crippen molar-refractivity contribution in [2.45, 2.75) is 39.2 Å². The fourth-order valence-electron chi connectivity index (χ4n) is 4.07. The SMILES string of the molecule is CCOC(=O)C1CCCCN1c1cccc(C#N)c1.Cc1ccccc1-c1ccc(N)c(F)c1. The average Bonchev–Trinajstić information content (AvgIpc) is 2.87. The molecule has 0 bridgehead atoms. The number of anilines is 2. The van der Waals surface area contributed by atoms with Gasteiger partial charge >= 0.3 is 5.97 Å². The normalized spacial score (nSPS) is 15.0. The molecule has 0 aliphatic carbocycles. The van der Waals surface area contributed by atoms with Crippen LogP contribution in [0.1, 0.15) is 37.3 Å². The predicted octanol–water partition coefficient (Wildman–Crippen LogP) is 5.86. The first-order valence-electron chi connectivity index (χ1n) is 11.5. The maximum absolute atomic E-state index is 13.3. The number of hydrogen-bond acceptors (Lipinski definition) is 5. The molecule has 1 atom stereocenters. The summed E-state index contributed by atoms with van der Waals surface area (Å²) in [6, 6.07) is 22.1. The van der Waals surface area contributed by atoms with Crippen molar-refractivity contribution >= 4 is 17.3 Å². The fourth-order valence-corrected chi connectivity index (χ4v) is 4.07. The summed E-state index contributed by atoms with van der Waals surface area (Å²) in [7, 11) is 0. The molecule has 0 amide bonds. The molecule has 3 aromatic carbocycles. The second kappa shape index (κ2) is 11.9. The van der Waals surface area contributed by atoms with E-state index in [0.717, 1.165) is 48.2 Å². The molecule has 1 saturated heterocycles. The number of nitrogen functional groups attached to an aromatic ring is 1. The minimum atomic E-state index is -0.365. The Balaban J connectivity index is 0.000000196. The first-order chi connectivity index (χ1) is 16.4. The monoisotopic (exact) mass is 459 g/mol. The van der Waals surface area contributed by atoms with Crippen molar-refractivity contribution in [3.05, 3.63) is 83.7 Å². The molecule has 1 unspecified atom stereocenters. The van der Waals surface area contributed by atoms with Crippen LogP contribution in [0.2, 0.25) is 0 Å². The lowest BCUT2D eigenvalue weighted by atomic mass is 10.0. The second-order valence-corrected chi connectivity index (χ2v) is 8.17. The number of aryl methyl sites for hydroxylation is 1. The van der Waals surface area contributed by atoms with Crippen LogP contribution in [0.3, 0.4) is 0 Å². The molecule has 2 N–H and O–H groups in total. The first-order valence-corrected chi connectivity index (χ1v) is 11.5. The van der Waals surface area contributed by atoms with Crippen LogP contribution in [0.15, 0.2) is 66.7 Å². The van der Waals surface area contributed by atoms with E-state index in [9.17, 15) is 9.18 Å². The molecule has 0 radical (unpaired) electrons. The molecule has 3 aromatic rings. The number of esters is 1. The third-order valence-electron chi connectivity index (χ3n) is 5.82. The Morgan fingerprint density at radius 2 is 1.94 bits per heavy atom. The molecule has 1 fully saturated rings. The molecule has 176 valence electrons. The van der Waals surface area contributed by atoms with Gasteiger partial charge in [0.1, 0.15) is 11.9 Å². The van der Waals surface area contributed by atoms with Crippen molar-refractivity contribution in [2.75, 3.05) is 23.8 Å². The van der Waals surface area contributed by atoms with Gasteiger partial charge in [-0.15, -0.1) is 0 Å². The highest BCUT2D eigenvalue weighted by Gasteiger charge is 2.30. The molecule has 4 rings (SSSR count). The van der Waals surface area contributed by atoms with Gasteiger partial charge in [-0.3, -0.25) is 0 Å². The number of hydrogen-bond donors (Lipinski definition) is 1. The number of nitrogens with two attached hydrogens (primary N) is 1. The summed E-state index contributed by atoms with van der Waals surface area (Å²) in [4.78, 5) is 14.1. The summed E-state index contributed by atoms with van der Waals surface area (Å²) < 4.78 is 18.4. The van der Waals surface area contributed by atoms with Crippen molar-refractivity contribution in [1.29, 1.82) is 5.26 Å². The van der Waals surface area contributed by atoms with Gasteiger partial charge in [-0.25, -0.2) is 9.18 Å². The van der Waals surface area contributed by atoms with Crippen LogP contribution >= 0.6 is 0 Å². The Labute approximate surface area is 200 Å². The van der Waals surface area contributed by atoms with Gasteiger partial charge in [-0.1, -0.05) is 36.4 Å². The highest BCUT2D eigenvalue weighted by atomic mass is 19.1. The topological polar surface area (TPSA) is 79.3 Å². The van der Waals surface area contributed by atoms with E-state index in [-0.39, 0.29) is 23.5 Å². The Morgan fingerprint density at radius 1 is 1.15 bits per heavy atom. The predicted molar refractivity (Wildman–Crippen MR) is 134 cm³/mol. The zero-order chi connectivity index (χ0) is 24.5. The van der Waals surface area contributed by atoms with Crippen molar-refractivity contribution in [1.82, 2.24) is 0 Å². The van der Waals surface area contributed by atoms with Crippen LogP contribution in [-0.4, -0.2) is 25.2 Å². The minimum Gasteiger partial charge on any atom is -0.464 e. The number of carbonyl (C=O) groups is 1. The lowest BCUT2D eigenvalue weighted by Crippen LogP contribution is -2.45. The van der Waals surface area contributed by atoms with Crippen LogP contribution in [-0.2, 0) is 9.53 Å². The third kappa shape index (κ3) is 6.14. The van der Waals surface area contributed by atoms with E-state index in [1.807, 2.05) is 62.4 Å². The maximum Gasteiger partial charge on any atom is 0.328 e. The first kappa shape index (κ1) is 24.8. The highest BCUT2D eigenvalue weighted by molar-refractivity contribution is 5.80. The second-order valence-electron chi connectivity index (χ2n) is 8.17. The lowest BCUT2D eigenvalue weighted by Gasteiger charge is -2.35. The summed E-state index contributed by atoms with van der Waals surface area (Å²) in [6.07, 6.45) is 2.92. The fraction of sp³-hybridized carbons (Fsp3) is 0.286. The smallest absolute Gasteiger partial charge is 0.328 e. The number of ether oxygens (including phenoxy) is 1. The molecule has 1 aliphatic heterocycles. The summed E-state index contributed by atoms with van der Waals surface area (Å²) in [6.45, 7) is 5.06. The van der Waals surface area contributed by atoms with Gasteiger partial charge in [0.25, 0.3) is 0 Å². The van der Waals surface area contributed by atoms with Crippen molar-refractivity contribution in [2.24, 2.45) is 0 Å². The van der Waals surface area contributed by atoms with Gasteiger partial charge in [0.05, 0.1) is 23.9 Å². The summed E-state index contributed by atoms with van der Waals surface area (Å²) in [5.41, 5.74) is 10.2. The lowest BCUT2D eigenvalue weighted by molar-refractivity contribution is -0.145. The average molecular weight is 460 g/mol. The van der Waals surface area contributed by atoms with Gasteiger partial charge in [-0.2, -0.15) is 5.26 Å². The summed E-state index contributed by atoms with van der Waals surface area (Å²) >= 11 is 0. The number of nitrogens with zero attached hydrogens (tertiary/aromatic N) is 2. The van der Waals surface area contributed by atoms with Gasteiger partial charge < -0.3 is 15.4 Å². The van der Waals surface area contributed by atoms with E-state index < -0.39 is 0 Å². The summed E-state index contributed by atoms with van der Waals surface area (Å²) in [5, 5.41) is 8.96. The van der Waals surface area contributed by atoms with E-state index in [2.05, 4.69) is 11.0 Å². The summed E-state index contributed by atoms with van der Waals surface area (Å²) in [5.74, 6) is -0.527. The molecule has 0 aromatic heterocycles. The molecule has 0 saturated carbocycles. The quantitative estimate of drug-likeness (QED) is 0.390. The van der Waals surface area contributed by atoms with E-state index in [1.165, 1.54) is 6.07 Å². The number of nitriles is 1. The Hall–Kier alpha value is -3.85. The van der Waals surface area contributed by atoms with Gasteiger partial charge in [0.15, 0.2) is 0 Å². The van der Waals surface area contributed by atoms with Crippen molar-refractivity contribution in [3.8, 4) is 17.2 Å². The van der Waals surface area contributed by atoms with Crippen LogP contribution in [0.5, 0.6) is 0 Å². The Bertz CT molecular complexity index is 1170. The number of piperidine rings is 1. The molecule has 6 heteroatoms. The zero-order valence-corrected chi connectivity index (χ0v) is 19.6. The van der Waals surface area contributed by atoms with Gasteiger partial charge in [0, 0.05) is 12.2 Å². The molecule has 5 nitrogen and oxygen atoms in total. The maximum atomic E-state index is 13.3. The zero-order valence-electron chi connectivity index (χ0n) is 19.6. The molecule has 1 heterocycles. The van der Waals surface area contributed by atoms with E-state index in [0.29, 0.717) is 12.2 Å². The van der Waals surface area contributed by atoms with Gasteiger partial charge in [0.2, 0.25) is 0 Å². The Morgan fingerprint density at radius 3 is 2.65 bits per heavy atom. The van der Waals surface area contributed by atoms with Crippen molar-refractivity contribution < 1.29 is 13.9 Å². The van der Waals surface area contributed by atoms with Crippen LogP contribution in [0.25, 0.3) is 11.1 Å². The van der Waals surface area contributed by atoms with E-state index >= 15 is 0 Å². The standard InChI is InChI=1S/C15H18N2O2.C13H12FN/c1-2-19-15(18)14-8-3-4-9-17(14)13-7-5-6-12(10-13)11-16;1-9-4-2-3-5-11(9)10-6-7-13(15)12(14)8-10/h5-7,10,14H,2-4,8-9H2,1H3;2-8H,15H2,1H3. The van der Waals surface area contributed by atoms with E-state index in [1.54, 1.807) is 12.1 Å². The molecule has 0 spiro atoms. The van der Waals surface area contributed by atoms with Crippen LogP contribution in [0, 0.1) is 24.1 Å². The van der Waals surface area contributed by atoms with Crippen molar-refractivity contribution in [3.63, 3.8) is 0 Å². The van der Waals surface area contributed by atoms with Gasteiger partial charge in [-0.05, 0) is 80.1 Å². The number of carbonyl (C=O) groups excluding carboxylic acids is 1. The number of rotatable bonds is 4. The molecule has 34 heavy (non-hydrogen) atoms. The highest BCUT2D eigenvalue weighted by Crippen LogP contribution is 2.27. The molecular weight excluding hydrogens is 429 g/mol. The van der Waals surface area contributed by atoms with Crippen LogP contribution < -0.4 is 10.6 Å². The molecule has 1 aliphatic rings.